The summed E-state index contributed by atoms with van der Waals surface area (Å²) in [6, 6.07) is 15.2. The molecule has 0 saturated carbocycles. The highest BCUT2D eigenvalue weighted by molar-refractivity contribution is 9.10. The second-order valence-electron chi connectivity index (χ2n) is 4.75. The summed E-state index contributed by atoms with van der Waals surface area (Å²) in [5.74, 6) is 0.744. The predicted molar refractivity (Wildman–Crippen MR) is 86.5 cm³/mol. The number of halogens is 1. The fourth-order valence-corrected chi connectivity index (χ4v) is 2.87. The van der Waals surface area contributed by atoms with Gasteiger partial charge in [-0.3, -0.25) is 4.98 Å². The Morgan fingerprint density at radius 1 is 1.10 bits per heavy atom. The first-order valence-corrected chi connectivity index (χ1v) is 7.34. The van der Waals surface area contributed by atoms with Gasteiger partial charge < -0.3 is 9.84 Å². The van der Waals surface area contributed by atoms with Gasteiger partial charge in [0.1, 0.15) is 11.9 Å². The first-order chi connectivity index (χ1) is 10.2. The Balaban J connectivity index is 1.99. The Bertz CT molecular complexity index is 789. The molecule has 0 aliphatic rings. The summed E-state index contributed by atoms with van der Waals surface area (Å²) in [4.78, 5) is 4.29. The van der Waals surface area contributed by atoms with Crippen LogP contribution >= 0.6 is 15.9 Å². The lowest BCUT2D eigenvalue weighted by molar-refractivity contribution is 0.220. The molecule has 0 aliphatic carbocycles. The van der Waals surface area contributed by atoms with Crippen molar-refractivity contribution in [3.8, 4) is 5.75 Å². The molecule has 1 unspecified atom stereocenters. The van der Waals surface area contributed by atoms with Crippen molar-refractivity contribution < 1.29 is 9.84 Å². The molecule has 106 valence electrons. The number of hydrogen-bond acceptors (Lipinski definition) is 3. The number of fused-ring (bicyclic) bond motifs is 1. The molecule has 0 aliphatic heterocycles. The van der Waals surface area contributed by atoms with Crippen LogP contribution in [-0.4, -0.2) is 17.2 Å². The van der Waals surface area contributed by atoms with Crippen molar-refractivity contribution in [2.24, 2.45) is 0 Å². The third kappa shape index (κ3) is 2.77. The maximum Gasteiger partial charge on any atom is 0.133 e. The highest BCUT2D eigenvalue weighted by Crippen LogP contribution is 2.31. The molecule has 4 heteroatoms. The molecular weight excluding hydrogens is 330 g/mol. The van der Waals surface area contributed by atoms with E-state index in [1.807, 2.05) is 48.5 Å². The average Bonchev–Trinajstić information content (AvgIpc) is 2.53. The first-order valence-electron chi connectivity index (χ1n) is 6.55. The zero-order chi connectivity index (χ0) is 14.8. The molecular formula is C17H14BrNO2. The largest absolute Gasteiger partial charge is 0.496 e. The summed E-state index contributed by atoms with van der Waals surface area (Å²) >= 11 is 3.44. The van der Waals surface area contributed by atoms with Gasteiger partial charge in [-0.2, -0.15) is 0 Å². The van der Waals surface area contributed by atoms with Gasteiger partial charge in [-0.1, -0.05) is 18.2 Å². The highest BCUT2D eigenvalue weighted by atomic mass is 79.9. The third-order valence-corrected chi connectivity index (χ3v) is 4.05. The maximum atomic E-state index is 10.6. The summed E-state index contributed by atoms with van der Waals surface area (Å²) in [6.07, 6.45) is 1.08. The van der Waals surface area contributed by atoms with Crippen LogP contribution in [0.1, 0.15) is 17.2 Å². The molecule has 21 heavy (non-hydrogen) atoms. The van der Waals surface area contributed by atoms with Gasteiger partial charge in [-0.25, -0.2) is 0 Å². The Hall–Kier alpha value is -1.91. The molecule has 1 N–H and O–H groups in total. The minimum Gasteiger partial charge on any atom is -0.496 e. The van der Waals surface area contributed by atoms with Crippen molar-refractivity contribution >= 4 is 26.8 Å². The SMILES string of the molecule is COc1ccc(C(O)c2ccc3ncccc3c2)cc1Br. The monoisotopic (exact) mass is 343 g/mol. The van der Waals surface area contributed by atoms with E-state index in [4.69, 9.17) is 4.74 Å². The quantitative estimate of drug-likeness (QED) is 0.778. The van der Waals surface area contributed by atoms with Crippen LogP contribution in [0, 0.1) is 0 Å². The summed E-state index contributed by atoms with van der Waals surface area (Å²) in [5.41, 5.74) is 2.57. The predicted octanol–water partition coefficient (Wildman–Crippen LogP) is 4.09. The number of methoxy groups -OCH3 is 1. The van der Waals surface area contributed by atoms with E-state index in [-0.39, 0.29) is 0 Å². The number of aromatic nitrogens is 1. The zero-order valence-corrected chi connectivity index (χ0v) is 13.0. The lowest BCUT2D eigenvalue weighted by Crippen LogP contribution is -2.00. The standard InChI is InChI=1S/C17H14BrNO2/c1-21-16-7-5-13(10-14(16)18)17(20)12-4-6-15-11(9-12)3-2-8-19-15/h2-10,17,20H,1H3. The minimum absolute atomic E-state index is 0.684. The summed E-state index contributed by atoms with van der Waals surface area (Å²) in [7, 11) is 1.62. The van der Waals surface area contributed by atoms with Gasteiger partial charge in [0.05, 0.1) is 17.1 Å². The Labute approximate surface area is 131 Å². The number of ether oxygens (including phenoxy) is 1. The zero-order valence-electron chi connectivity index (χ0n) is 11.5. The van der Waals surface area contributed by atoms with Crippen LogP contribution in [0.3, 0.4) is 0 Å². The average molecular weight is 344 g/mol. The second kappa shape index (κ2) is 5.84. The Morgan fingerprint density at radius 2 is 1.86 bits per heavy atom. The maximum absolute atomic E-state index is 10.6. The lowest BCUT2D eigenvalue weighted by atomic mass is 10.00. The number of benzene rings is 2. The number of rotatable bonds is 3. The Kier molecular flexibility index (Phi) is 3.90. The van der Waals surface area contributed by atoms with Crippen molar-refractivity contribution in [3.05, 3.63) is 70.3 Å². The third-order valence-electron chi connectivity index (χ3n) is 3.43. The van der Waals surface area contributed by atoms with Crippen LogP contribution in [0.15, 0.2) is 59.2 Å². The van der Waals surface area contributed by atoms with Crippen LogP contribution in [0.2, 0.25) is 0 Å². The number of hydrogen-bond donors (Lipinski definition) is 1. The summed E-state index contributed by atoms with van der Waals surface area (Å²) in [6.45, 7) is 0. The van der Waals surface area contributed by atoms with E-state index in [1.165, 1.54) is 0 Å². The molecule has 1 heterocycles. The number of pyridine rings is 1. The molecule has 1 aromatic heterocycles. The summed E-state index contributed by atoms with van der Waals surface area (Å²) in [5, 5.41) is 11.6. The summed E-state index contributed by atoms with van der Waals surface area (Å²) < 4.78 is 6.03. The molecule has 2 aromatic carbocycles. The number of nitrogens with zero attached hydrogens (tertiary/aromatic N) is 1. The topological polar surface area (TPSA) is 42.4 Å². The molecule has 1 atom stereocenters. The van der Waals surface area contributed by atoms with Crippen LogP contribution in [0.25, 0.3) is 10.9 Å². The molecule has 0 radical (unpaired) electrons. The van der Waals surface area contributed by atoms with Gasteiger partial charge >= 0.3 is 0 Å². The fourth-order valence-electron chi connectivity index (χ4n) is 2.31. The molecule has 3 rings (SSSR count). The van der Waals surface area contributed by atoms with E-state index in [1.54, 1.807) is 13.3 Å². The van der Waals surface area contributed by atoms with E-state index < -0.39 is 6.10 Å². The van der Waals surface area contributed by atoms with Crippen molar-refractivity contribution in [1.29, 1.82) is 0 Å². The molecule has 0 bridgehead atoms. The molecule has 0 spiro atoms. The van der Waals surface area contributed by atoms with Crippen molar-refractivity contribution in [2.45, 2.75) is 6.10 Å². The van der Waals surface area contributed by atoms with Gasteiger partial charge in [0.2, 0.25) is 0 Å². The molecule has 0 fully saturated rings. The number of aliphatic hydroxyl groups excluding tert-OH is 1. The Morgan fingerprint density at radius 3 is 2.62 bits per heavy atom. The molecule has 0 saturated heterocycles. The highest BCUT2D eigenvalue weighted by Gasteiger charge is 2.13. The van der Waals surface area contributed by atoms with Crippen LogP contribution < -0.4 is 4.74 Å². The van der Waals surface area contributed by atoms with Crippen LogP contribution in [-0.2, 0) is 0 Å². The van der Waals surface area contributed by atoms with Crippen LogP contribution in [0.4, 0.5) is 0 Å². The molecule has 3 aromatic rings. The van der Waals surface area contributed by atoms with E-state index in [0.717, 1.165) is 32.3 Å². The van der Waals surface area contributed by atoms with Crippen LogP contribution in [0.5, 0.6) is 5.75 Å². The van der Waals surface area contributed by atoms with E-state index in [9.17, 15) is 5.11 Å². The van der Waals surface area contributed by atoms with Gasteiger partial charge in [-0.15, -0.1) is 0 Å². The molecule has 3 nitrogen and oxygen atoms in total. The fraction of sp³-hybridized carbons (Fsp3) is 0.118. The minimum atomic E-state index is -0.684. The van der Waals surface area contributed by atoms with Gasteiger partial charge in [0.25, 0.3) is 0 Å². The first kappa shape index (κ1) is 14.0. The number of aliphatic hydroxyl groups is 1. The van der Waals surface area contributed by atoms with Gasteiger partial charge in [-0.05, 0) is 57.4 Å². The molecule has 0 amide bonds. The van der Waals surface area contributed by atoms with Crippen molar-refractivity contribution in [2.75, 3.05) is 7.11 Å². The second-order valence-corrected chi connectivity index (χ2v) is 5.61. The normalized spacial score (nSPS) is 12.3. The van der Waals surface area contributed by atoms with Crippen molar-refractivity contribution in [1.82, 2.24) is 4.98 Å². The lowest BCUT2D eigenvalue weighted by Gasteiger charge is -2.14. The van der Waals surface area contributed by atoms with Gasteiger partial charge in [0, 0.05) is 11.6 Å². The van der Waals surface area contributed by atoms with E-state index in [2.05, 4.69) is 20.9 Å². The van der Waals surface area contributed by atoms with E-state index >= 15 is 0 Å². The van der Waals surface area contributed by atoms with Crippen molar-refractivity contribution in [3.63, 3.8) is 0 Å². The van der Waals surface area contributed by atoms with E-state index in [0.29, 0.717) is 0 Å². The smallest absolute Gasteiger partial charge is 0.133 e. The van der Waals surface area contributed by atoms with Gasteiger partial charge in [0.15, 0.2) is 0 Å².